The first kappa shape index (κ1) is 29.9. The van der Waals surface area contributed by atoms with Gasteiger partial charge in [0.1, 0.15) is 11.5 Å². The van der Waals surface area contributed by atoms with Crippen LogP contribution >= 0.6 is 0 Å². The van der Waals surface area contributed by atoms with Crippen molar-refractivity contribution in [3.8, 4) is 17.2 Å². The van der Waals surface area contributed by atoms with Gasteiger partial charge in [0.15, 0.2) is 0 Å². The Labute approximate surface area is 251 Å². The van der Waals surface area contributed by atoms with Crippen LogP contribution in [0.4, 0.5) is 0 Å². The molecule has 224 valence electrons. The van der Waals surface area contributed by atoms with Crippen molar-refractivity contribution in [1.29, 1.82) is 0 Å². The maximum absolute atomic E-state index is 13.3. The van der Waals surface area contributed by atoms with Crippen LogP contribution in [0.1, 0.15) is 81.9 Å². The molecular formula is C35H46N4O3. The van der Waals surface area contributed by atoms with Gasteiger partial charge in [-0.15, -0.1) is 0 Å². The average molecular weight is 571 g/mol. The molecule has 0 radical (unpaired) electrons. The first-order chi connectivity index (χ1) is 20.4. The zero-order valence-corrected chi connectivity index (χ0v) is 25.9. The van der Waals surface area contributed by atoms with Crippen molar-refractivity contribution < 1.29 is 14.3 Å². The quantitative estimate of drug-likeness (QED) is 0.243. The molecule has 0 saturated carbocycles. The highest BCUT2D eigenvalue weighted by Gasteiger charge is 2.42. The summed E-state index contributed by atoms with van der Waals surface area (Å²) in [6.45, 7) is 9.65. The molecule has 1 saturated heterocycles. The topological polar surface area (TPSA) is 59.8 Å². The Morgan fingerprint density at radius 2 is 1.88 bits per heavy atom. The summed E-state index contributed by atoms with van der Waals surface area (Å²) in [5.41, 5.74) is 5.80. The molecule has 0 N–H and O–H groups in total. The van der Waals surface area contributed by atoms with E-state index in [-0.39, 0.29) is 17.2 Å². The molecule has 0 spiro atoms. The lowest BCUT2D eigenvalue weighted by Gasteiger charge is -2.46. The lowest BCUT2D eigenvalue weighted by atomic mass is 9.70. The van der Waals surface area contributed by atoms with Crippen LogP contribution in [-0.2, 0) is 17.9 Å². The molecule has 7 nitrogen and oxygen atoms in total. The molecule has 42 heavy (non-hydrogen) atoms. The molecule has 0 unspecified atom stereocenters. The summed E-state index contributed by atoms with van der Waals surface area (Å²) < 4.78 is 13.4. The highest BCUT2D eigenvalue weighted by atomic mass is 16.5. The molecule has 3 aromatic rings. The van der Waals surface area contributed by atoms with Gasteiger partial charge in [-0.1, -0.05) is 51.3 Å². The number of carbonyl (C=O) groups is 1. The van der Waals surface area contributed by atoms with E-state index in [4.69, 9.17) is 9.47 Å². The number of likely N-dealkylation sites (tertiary alicyclic amines) is 1. The second-order valence-electron chi connectivity index (χ2n) is 12.0. The average Bonchev–Trinajstić information content (AvgIpc) is 3.49. The standard InChI is InChI=1S/C35H46N4O3/c1-6-7-8-13-35(14-18-37(19-15-35)24-28-11-9-12-30(21-28)39-17-10-16-36-39)33-20-26(2)34-29(25-38(33)27(3)40)22-31(41-4)23-32(34)42-5/h9-12,16-17,20-23,26H,6-8,13-15,18-19,24-25H2,1-5H3/t26-/m0/s1. The number of unbranched alkanes of at least 4 members (excludes halogenated alkanes) is 2. The smallest absolute Gasteiger partial charge is 0.223 e. The molecule has 0 bridgehead atoms. The SMILES string of the molecule is CCCCCC1(C2=C[C@H](C)c3c(cc(OC)cc3OC)CN2C(C)=O)CCN(Cc2cccc(-n3cccn3)c2)CC1. The van der Waals surface area contributed by atoms with Gasteiger partial charge in [0.05, 0.1) is 26.5 Å². The Morgan fingerprint density at radius 1 is 1.07 bits per heavy atom. The number of piperidine rings is 1. The lowest BCUT2D eigenvalue weighted by Crippen LogP contribution is -2.45. The zero-order chi connectivity index (χ0) is 29.7. The van der Waals surface area contributed by atoms with Crippen LogP contribution < -0.4 is 9.47 Å². The Kier molecular flexibility index (Phi) is 9.37. The van der Waals surface area contributed by atoms with Crippen LogP contribution in [0.2, 0.25) is 0 Å². The number of methoxy groups -OCH3 is 2. The fourth-order valence-electron chi connectivity index (χ4n) is 6.96. The van der Waals surface area contributed by atoms with Gasteiger partial charge >= 0.3 is 0 Å². The van der Waals surface area contributed by atoms with Crippen LogP contribution in [0.15, 0.2) is 66.6 Å². The number of nitrogens with zero attached hydrogens (tertiary/aromatic N) is 4. The van der Waals surface area contributed by atoms with Gasteiger partial charge in [0.25, 0.3) is 0 Å². The molecule has 5 rings (SSSR count). The van der Waals surface area contributed by atoms with Crippen molar-refractivity contribution in [2.75, 3.05) is 27.3 Å². The van der Waals surface area contributed by atoms with E-state index in [0.717, 1.165) is 67.2 Å². The van der Waals surface area contributed by atoms with Gasteiger partial charge < -0.3 is 14.4 Å². The molecule has 1 atom stereocenters. The maximum Gasteiger partial charge on any atom is 0.223 e. The molecule has 1 fully saturated rings. The summed E-state index contributed by atoms with van der Waals surface area (Å²) in [5, 5.41) is 4.40. The van der Waals surface area contributed by atoms with Gasteiger partial charge in [-0.25, -0.2) is 4.68 Å². The van der Waals surface area contributed by atoms with E-state index in [1.165, 1.54) is 30.5 Å². The molecular weight excluding hydrogens is 524 g/mol. The fraction of sp³-hybridized carbons (Fsp3) is 0.486. The predicted molar refractivity (Wildman–Crippen MR) is 167 cm³/mol. The third kappa shape index (κ3) is 6.26. The highest BCUT2D eigenvalue weighted by molar-refractivity contribution is 5.76. The molecule has 7 heteroatoms. The number of fused-ring (bicyclic) bond motifs is 1. The lowest BCUT2D eigenvalue weighted by molar-refractivity contribution is -0.128. The third-order valence-electron chi connectivity index (χ3n) is 9.22. The first-order valence-corrected chi connectivity index (χ1v) is 15.4. The Morgan fingerprint density at radius 3 is 2.55 bits per heavy atom. The van der Waals surface area contributed by atoms with Crippen molar-refractivity contribution in [3.63, 3.8) is 0 Å². The third-order valence-corrected chi connectivity index (χ3v) is 9.22. The fourth-order valence-corrected chi connectivity index (χ4v) is 6.96. The molecule has 2 aliphatic heterocycles. The highest BCUT2D eigenvalue weighted by Crippen LogP contribution is 2.49. The van der Waals surface area contributed by atoms with Gasteiger partial charge in [-0.2, -0.15) is 5.10 Å². The molecule has 2 aromatic carbocycles. The summed E-state index contributed by atoms with van der Waals surface area (Å²) in [6.07, 6.45) is 12.9. The van der Waals surface area contributed by atoms with E-state index >= 15 is 0 Å². The van der Waals surface area contributed by atoms with Crippen LogP contribution in [0.5, 0.6) is 11.5 Å². The van der Waals surface area contributed by atoms with E-state index in [0.29, 0.717) is 6.54 Å². The number of hydrogen-bond donors (Lipinski definition) is 0. The normalized spacial score (nSPS) is 18.6. The minimum atomic E-state index is -0.0398. The number of hydrogen-bond acceptors (Lipinski definition) is 5. The second-order valence-corrected chi connectivity index (χ2v) is 12.0. The molecule has 3 heterocycles. The van der Waals surface area contributed by atoms with Gasteiger partial charge in [-0.3, -0.25) is 9.69 Å². The number of carbonyl (C=O) groups excluding carboxylic acids is 1. The van der Waals surface area contributed by atoms with E-state index in [1.54, 1.807) is 21.1 Å². The monoisotopic (exact) mass is 570 g/mol. The first-order valence-electron chi connectivity index (χ1n) is 15.4. The van der Waals surface area contributed by atoms with E-state index < -0.39 is 0 Å². The number of aromatic nitrogens is 2. The van der Waals surface area contributed by atoms with E-state index in [2.05, 4.69) is 65.2 Å². The van der Waals surface area contributed by atoms with Gasteiger partial charge in [0, 0.05) is 54.5 Å². The van der Waals surface area contributed by atoms with Crippen LogP contribution in [0.3, 0.4) is 0 Å². The van der Waals surface area contributed by atoms with E-state index in [1.807, 2.05) is 29.2 Å². The maximum atomic E-state index is 13.3. The summed E-state index contributed by atoms with van der Waals surface area (Å²) in [6, 6.07) is 14.7. The van der Waals surface area contributed by atoms with Gasteiger partial charge in [0.2, 0.25) is 5.91 Å². The number of allylic oxidation sites excluding steroid dienone is 2. The number of rotatable bonds is 10. The number of amides is 1. The Balaban J connectivity index is 1.43. The Bertz CT molecular complexity index is 1390. The summed E-state index contributed by atoms with van der Waals surface area (Å²) in [4.78, 5) is 18.0. The number of ether oxygens (including phenoxy) is 2. The minimum Gasteiger partial charge on any atom is -0.497 e. The second kappa shape index (κ2) is 13.2. The molecule has 1 amide bonds. The number of benzene rings is 2. The molecule has 0 aliphatic carbocycles. The van der Waals surface area contributed by atoms with Crippen molar-refractivity contribution in [2.45, 2.75) is 78.3 Å². The van der Waals surface area contributed by atoms with Crippen LogP contribution in [-0.4, -0.2) is 52.8 Å². The van der Waals surface area contributed by atoms with Crippen molar-refractivity contribution in [2.24, 2.45) is 5.41 Å². The zero-order valence-electron chi connectivity index (χ0n) is 25.9. The summed E-state index contributed by atoms with van der Waals surface area (Å²) >= 11 is 0. The van der Waals surface area contributed by atoms with E-state index in [9.17, 15) is 4.79 Å². The van der Waals surface area contributed by atoms with Gasteiger partial charge in [-0.05, 0) is 67.7 Å². The summed E-state index contributed by atoms with van der Waals surface area (Å²) in [7, 11) is 3.39. The van der Waals surface area contributed by atoms with Crippen molar-refractivity contribution in [3.05, 3.63) is 83.3 Å². The Hall–Kier alpha value is -3.58. The predicted octanol–water partition coefficient (Wildman–Crippen LogP) is 7.10. The minimum absolute atomic E-state index is 0.0398. The van der Waals surface area contributed by atoms with Crippen LogP contribution in [0, 0.1) is 5.41 Å². The molecule has 1 aromatic heterocycles. The van der Waals surface area contributed by atoms with Crippen LogP contribution in [0.25, 0.3) is 5.69 Å². The molecule has 2 aliphatic rings. The van der Waals surface area contributed by atoms with Crippen molar-refractivity contribution in [1.82, 2.24) is 19.6 Å². The summed E-state index contributed by atoms with van der Waals surface area (Å²) in [5.74, 6) is 1.79. The largest absolute Gasteiger partial charge is 0.497 e. The van der Waals surface area contributed by atoms with Crippen molar-refractivity contribution >= 4 is 5.91 Å².